The fourth-order valence-electron chi connectivity index (χ4n) is 2.22. The number of nitrogens with two attached hydrogens (primary N) is 1. The molecule has 1 saturated heterocycles. The Bertz CT molecular complexity index is 512. The van der Waals surface area contributed by atoms with Gasteiger partial charge in [0.25, 0.3) is 0 Å². The Morgan fingerprint density at radius 2 is 2.38 bits per heavy atom. The van der Waals surface area contributed by atoms with Gasteiger partial charge in [0.05, 0.1) is 37.2 Å². The molecule has 0 aromatic heterocycles. The average Bonchev–Trinajstić information content (AvgIpc) is 2.45. The van der Waals surface area contributed by atoms with Gasteiger partial charge in [0.1, 0.15) is 5.82 Å². The standard InChI is InChI=1S/C14H20FN3O3/c1-9-8-21-11(7-19)5-18(9)6-14(20)17-13-4-10(15)2-3-12(13)16/h2-4,9,11,19H,5-8,16H2,1H3,(H,17,20). The summed E-state index contributed by atoms with van der Waals surface area (Å²) >= 11 is 0. The predicted molar refractivity (Wildman–Crippen MR) is 77.3 cm³/mol. The summed E-state index contributed by atoms with van der Waals surface area (Å²) in [5.74, 6) is -0.739. The number of nitrogens with one attached hydrogen (secondary N) is 1. The van der Waals surface area contributed by atoms with E-state index in [0.29, 0.717) is 18.8 Å². The number of nitrogens with zero attached hydrogens (tertiary/aromatic N) is 1. The van der Waals surface area contributed by atoms with Gasteiger partial charge in [0.15, 0.2) is 0 Å². The Morgan fingerprint density at radius 3 is 3.10 bits per heavy atom. The van der Waals surface area contributed by atoms with E-state index >= 15 is 0 Å². The van der Waals surface area contributed by atoms with Crippen molar-refractivity contribution in [3.05, 3.63) is 24.0 Å². The van der Waals surface area contributed by atoms with Crippen LogP contribution in [0.15, 0.2) is 18.2 Å². The number of aliphatic hydroxyl groups excluding tert-OH is 1. The number of amides is 1. The zero-order valence-electron chi connectivity index (χ0n) is 11.9. The van der Waals surface area contributed by atoms with E-state index in [-0.39, 0.29) is 36.9 Å². The molecule has 0 spiro atoms. The first kappa shape index (κ1) is 15.7. The van der Waals surface area contributed by atoms with Crippen LogP contribution >= 0.6 is 0 Å². The quantitative estimate of drug-likeness (QED) is 0.701. The molecule has 0 radical (unpaired) electrons. The summed E-state index contributed by atoms with van der Waals surface area (Å²) in [6.07, 6.45) is -0.284. The number of morpholine rings is 1. The van der Waals surface area contributed by atoms with Crippen LogP contribution in [0.25, 0.3) is 0 Å². The van der Waals surface area contributed by atoms with Gasteiger partial charge in [-0.2, -0.15) is 0 Å². The van der Waals surface area contributed by atoms with Crippen LogP contribution in [0.5, 0.6) is 0 Å². The number of benzene rings is 1. The number of hydrogen-bond donors (Lipinski definition) is 3. The minimum absolute atomic E-state index is 0.0726. The fourth-order valence-corrected chi connectivity index (χ4v) is 2.22. The first-order chi connectivity index (χ1) is 9.99. The third-order valence-electron chi connectivity index (χ3n) is 3.47. The highest BCUT2D eigenvalue weighted by molar-refractivity contribution is 5.95. The Balaban J connectivity index is 1.96. The molecule has 2 rings (SSSR count). The zero-order chi connectivity index (χ0) is 15.4. The van der Waals surface area contributed by atoms with Crippen LogP contribution in [-0.4, -0.2) is 54.4 Å². The lowest BCUT2D eigenvalue weighted by molar-refractivity contribution is -0.122. The van der Waals surface area contributed by atoms with Gasteiger partial charge >= 0.3 is 0 Å². The first-order valence-corrected chi connectivity index (χ1v) is 6.81. The van der Waals surface area contributed by atoms with E-state index in [9.17, 15) is 9.18 Å². The molecule has 1 aromatic rings. The van der Waals surface area contributed by atoms with Crippen LogP contribution < -0.4 is 11.1 Å². The van der Waals surface area contributed by atoms with E-state index < -0.39 is 5.82 Å². The van der Waals surface area contributed by atoms with Crippen LogP contribution in [0.3, 0.4) is 0 Å². The number of rotatable bonds is 4. The topological polar surface area (TPSA) is 87.8 Å². The van der Waals surface area contributed by atoms with Crippen LogP contribution in [0, 0.1) is 5.82 Å². The van der Waals surface area contributed by atoms with Crippen LogP contribution in [-0.2, 0) is 9.53 Å². The summed E-state index contributed by atoms with van der Waals surface area (Å²) in [7, 11) is 0. The van der Waals surface area contributed by atoms with Gasteiger partial charge < -0.3 is 20.9 Å². The summed E-state index contributed by atoms with van der Waals surface area (Å²) in [4.78, 5) is 14.0. The lowest BCUT2D eigenvalue weighted by atomic mass is 10.2. The lowest BCUT2D eigenvalue weighted by Gasteiger charge is -2.36. The summed E-state index contributed by atoms with van der Waals surface area (Å²) in [6.45, 7) is 2.93. The number of carbonyl (C=O) groups excluding carboxylic acids is 1. The third-order valence-corrected chi connectivity index (χ3v) is 3.47. The molecule has 116 valence electrons. The molecule has 1 heterocycles. The van der Waals surface area contributed by atoms with E-state index in [2.05, 4.69) is 5.32 Å². The second-order valence-corrected chi connectivity index (χ2v) is 5.20. The number of ether oxygens (including phenoxy) is 1. The van der Waals surface area contributed by atoms with Crippen molar-refractivity contribution in [1.82, 2.24) is 4.90 Å². The fraction of sp³-hybridized carbons (Fsp3) is 0.500. The molecule has 1 fully saturated rings. The average molecular weight is 297 g/mol. The zero-order valence-corrected chi connectivity index (χ0v) is 11.9. The molecule has 6 nitrogen and oxygen atoms in total. The molecule has 2 atom stereocenters. The normalized spacial score (nSPS) is 23.0. The van der Waals surface area contributed by atoms with Gasteiger partial charge in [-0.15, -0.1) is 0 Å². The molecule has 1 aliphatic heterocycles. The summed E-state index contributed by atoms with van der Waals surface area (Å²) in [5, 5.41) is 11.7. The molecule has 4 N–H and O–H groups in total. The maximum absolute atomic E-state index is 13.2. The number of carbonyl (C=O) groups is 1. The van der Waals surface area contributed by atoms with Crippen molar-refractivity contribution in [2.45, 2.75) is 19.1 Å². The molecule has 7 heteroatoms. The van der Waals surface area contributed by atoms with Gasteiger partial charge in [-0.3, -0.25) is 9.69 Å². The summed E-state index contributed by atoms with van der Waals surface area (Å²) in [6, 6.07) is 3.90. The van der Waals surface area contributed by atoms with Crippen molar-refractivity contribution < 1.29 is 19.0 Å². The van der Waals surface area contributed by atoms with Crippen molar-refractivity contribution >= 4 is 17.3 Å². The second-order valence-electron chi connectivity index (χ2n) is 5.20. The number of halogens is 1. The Hall–Kier alpha value is -1.70. The SMILES string of the molecule is CC1COC(CO)CN1CC(=O)Nc1cc(F)ccc1N. The predicted octanol–water partition coefficient (Wildman–Crippen LogP) is 0.428. The number of aliphatic hydroxyl groups is 1. The number of anilines is 2. The van der Waals surface area contributed by atoms with E-state index in [1.165, 1.54) is 18.2 Å². The molecular formula is C14H20FN3O3. The summed E-state index contributed by atoms with van der Waals surface area (Å²) < 4.78 is 18.6. The van der Waals surface area contributed by atoms with Gasteiger partial charge in [-0.05, 0) is 25.1 Å². The van der Waals surface area contributed by atoms with Gasteiger partial charge in [-0.25, -0.2) is 4.39 Å². The first-order valence-electron chi connectivity index (χ1n) is 6.81. The van der Waals surface area contributed by atoms with Crippen LogP contribution in [0.1, 0.15) is 6.92 Å². The molecule has 1 aromatic carbocycles. The maximum atomic E-state index is 13.2. The van der Waals surface area contributed by atoms with E-state index in [4.69, 9.17) is 15.6 Å². The molecule has 21 heavy (non-hydrogen) atoms. The van der Waals surface area contributed by atoms with E-state index in [0.717, 1.165) is 0 Å². The Labute approximate surface area is 122 Å². The molecule has 2 unspecified atom stereocenters. The molecular weight excluding hydrogens is 277 g/mol. The van der Waals surface area contributed by atoms with Crippen molar-refractivity contribution in [2.24, 2.45) is 0 Å². The van der Waals surface area contributed by atoms with Crippen molar-refractivity contribution in [3.63, 3.8) is 0 Å². The maximum Gasteiger partial charge on any atom is 0.238 e. The summed E-state index contributed by atoms with van der Waals surface area (Å²) in [5.41, 5.74) is 6.27. The van der Waals surface area contributed by atoms with E-state index in [1.54, 1.807) is 0 Å². The third kappa shape index (κ3) is 4.13. The number of nitrogen functional groups attached to an aromatic ring is 1. The van der Waals surface area contributed by atoms with Crippen LogP contribution in [0.2, 0.25) is 0 Å². The monoisotopic (exact) mass is 297 g/mol. The molecule has 0 bridgehead atoms. The Morgan fingerprint density at radius 1 is 1.62 bits per heavy atom. The minimum Gasteiger partial charge on any atom is -0.397 e. The second kappa shape index (κ2) is 6.84. The molecule has 1 amide bonds. The largest absolute Gasteiger partial charge is 0.397 e. The van der Waals surface area contributed by atoms with Gasteiger partial charge in [-0.1, -0.05) is 0 Å². The molecule has 0 aliphatic carbocycles. The minimum atomic E-state index is -0.459. The molecule has 1 aliphatic rings. The van der Waals surface area contributed by atoms with Crippen molar-refractivity contribution in [2.75, 3.05) is 37.4 Å². The highest BCUT2D eigenvalue weighted by Crippen LogP contribution is 2.19. The smallest absolute Gasteiger partial charge is 0.238 e. The van der Waals surface area contributed by atoms with Gasteiger partial charge in [0, 0.05) is 12.6 Å². The number of hydrogen-bond acceptors (Lipinski definition) is 5. The molecule has 0 saturated carbocycles. The highest BCUT2D eigenvalue weighted by Gasteiger charge is 2.27. The van der Waals surface area contributed by atoms with Crippen LogP contribution in [0.4, 0.5) is 15.8 Å². The van der Waals surface area contributed by atoms with Gasteiger partial charge in [0.2, 0.25) is 5.91 Å². The highest BCUT2D eigenvalue weighted by atomic mass is 19.1. The Kier molecular flexibility index (Phi) is 5.11. The lowest BCUT2D eigenvalue weighted by Crippen LogP contribution is -2.51. The van der Waals surface area contributed by atoms with Crippen molar-refractivity contribution in [3.8, 4) is 0 Å². The van der Waals surface area contributed by atoms with E-state index in [1.807, 2.05) is 11.8 Å². The van der Waals surface area contributed by atoms with Crippen molar-refractivity contribution in [1.29, 1.82) is 0 Å².